The second-order valence-electron chi connectivity index (χ2n) is 3.76. The maximum absolute atomic E-state index is 10.9. The van der Waals surface area contributed by atoms with Gasteiger partial charge in [-0.1, -0.05) is 6.42 Å². The number of hydrogen-bond donors (Lipinski definition) is 1. The Balaban J connectivity index is 2.15. The smallest absolute Gasteiger partial charge is 0.266 e. The first kappa shape index (κ1) is 9.24. The average Bonchev–Trinajstić information content (AvgIpc) is 2.41. The van der Waals surface area contributed by atoms with Gasteiger partial charge in [0.05, 0.1) is 0 Å². The van der Waals surface area contributed by atoms with Crippen molar-refractivity contribution < 1.29 is 4.79 Å². The summed E-state index contributed by atoms with van der Waals surface area (Å²) in [5, 5.41) is 0. The number of fused-ring (bicyclic) bond motifs is 1. The van der Waals surface area contributed by atoms with Crippen LogP contribution in [-0.2, 0) is 4.79 Å². The van der Waals surface area contributed by atoms with Gasteiger partial charge in [0.25, 0.3) is 5.91 Å². The highest BCUT2D eigenvalue weighted by atomic mass is 16.1. The van der Waals surface area contributed by atoms with Crippen molar-refractivity contribution in [2.75, 3.05) is 6.54 Å². The van der Waals surface area contributed by atoms with Crippen LogP contribution in [0.2, 0.25) is 0 Å². The van der Waals surface area contributed by atoms with Crippen LogP contribution in [0.1, 0.15) is 25.7 Å². The first-order valence-corrected chi connectivity index (χ1v) is 5.09. The number of carbonyl (C=O) groups excluding carboxylic acids is 1. The van der Waals surface area contributed by atoms with Crippen molar-refractivity contribution in [3.63, 3.8) is 0 Å². The molecule has 4 nitrogen and oxygen atoms in total. The molecule has 0 saturated carbocycles. The maximum Gasteiger partial charge on any atom is 0.266 e. The van der Waals surface area contributed by atoms with Crippen molar-refractivity contribution in [1.82, 2.24) is 4.90 Å². The monoisotopic (exact) mass is 193 g/mol. The molecule has 0 aromatic heterocycles. The summed E-state index contributed by atoms with van der Waals surface area (Å²) in [6.45, 7) is 1.04. The molecule has 2 rings (SSSR count). The van der Waals surface area contributed by atoms with Crippen LogP contribution < -0.4 is 5.73 Å². The van der Waals surface area contributed by atoms with E-state index in [0.29, 0.717) is 5.71 Å². The van der Waals surface area contributed by atoms with Gasteiger partial charge in [0.15, 0.2) is 0 Å². The number of nitrogens with two attached hydrogens (primary N) is 1. The molecule has 1 amide bonds. The van der Waals surface area contributed by atoms with Crippen molar-refractivity contribution in [2.45, 2.75) is 31.8 Å². The molecule has 14 heavy (non-hydrogen) atoms. The minimum Gasteiger partial charge on any atom is -0.364 e. The van der Waals surface area contributed by atoms with Crippen molar-refractivity contribution in [3.05, 3.63) is 12.3 Å². The van der Waals surface area contributed by atoms with Gasteiger partial charge in [-0.3, -0.25) is 9.79 Å². The summed E-state index contributed by atoms with van der Waals surface area (Å²) in [5.41, 5.74) is 5.60. The summed E-state index contributed by atoms with van der Waals surface area (Å²) in [7, 11) is 0. The van der Waals surface area contributed by atoms with E-state index in [1.807, 2.05) is 6.20 Å². The standard InChI is InChI=1S/C10H15N3O/c11-10(14)8-5-7-13-6-3-1-2-4-9(13)12-8/h5,7,9H,1-4,6H2,(H2,11,14). The number of primary amides is 1. The molecular weight excluding hydrogens is 178 g/mol. The van der Waals surface area contributed by atoms with Crippen LogP contribution in [0, 0.1) is 0 Å². The van der Waals surface area contributed by atoms with E-state index in [2.05, 4.69) is 9.89 Å². The summed E-state index contributed by atoms with van der Waals surface area (Å²) < 4.78 is 0. The minimum absolute atomic E-state index is 0.144. The molecule has 0 bridgehead atoms. The van der Waals surface area contributed by atoms with Gasteiger partial charge >= 0.3 is 0 Å². The molecule has 1 fully saturated rings. The van der Waals surface area contributed by atoms with Crippen LogP contribution in [-0.4, -0.2) is 29.2 Å². The van der Waals surface area contributed by atoms with Gasteiger partial charge in [-0.05, 0) is 25.3 Å². The molecule has 0 aromatic rings. The van der Waals surface area contributed by atoms with Gasteiger partial charge in [-0.25, -0.2) is 0 Å². The Labute approximate surface area is 83.5 Å². The zero-order valence-corrected chi connectivity index (χ0v) is 8.15. The fourth-order valence-electron chi connectivity index (χ4n) is 1.94. The van der Waals surface area contributed by atoms with E-state index in [-0.39, 0.29) is 6.17 Å². The summed E-state index contributed by atoms with van der Waals surface area (Å²) in [5.74, 6) is -0.426. The Kier molecular flexibility index (Phi) is 2.52. The summed E-state index contributed by atoms with van der Waals surface area (Å²) in [6.07, 6.45) is 8.48. The van der Waals surface area contributed by atoms with Gasteiger partial charge in [0, 0.05) is 12.7 Å². The van der Waals surface area contributed by atoms with E-state index < -0.39 is 5.91 Å². The maximum atomic E-state index is 10.9. The molecule has 0 aliphatic carbocycles. The Morgan fingerprint density at radius 3 is 3.14 bits per heavy atom. The third-order valence-electron chi connectivity index (χ3n) is 2.73. The van der Waals surface area contributed by atoms with Crippen molar-refractivity contribution in [1.29, 1.82) is 0 Å². The third kappa shape index (κ3) is 1.78. The topological polar surface area (TPSA) is 58.7 Å². The highest BCUT2D eigenvalue weighted by Crippen LogP contribution is 2.20. The summed E-state index contributed by atoms with van der Waals surface area (Å²) in [4.78, 5) is 17.5. The van der Waals surface area contributed by atoms with E-state index in [1.165, 1.54) is 19.3 Å². The van der Waals surface area contributed by atoms with Crippen molar-refractivity contribution >= 4 is 11.6 Å². The van der Waals surface area contributed by atoms with Crippen LogP contribution in [0.15, 0.2) is 17.3 Å². The zero-order valence-electron chi connectivity index (χ0n) is 8.15. The second-order valence-corrected chi connectivity index (χ2v) is 3.76. The fourth-order valence-corrected chi connectivity index (χ4v) is 1.94. The Bertz CT molecular complexity index is 296. The lowest BCUT2D eigenvalue weighted by Crippen LogP contribution is -2.35. The Morgan fingerprint density at radius 1 is 1.50 bits per heavy atom. The predicted octanol–water partition coefficient (Wildman–Crippen LogP) is 0.642. The largest absolute Gasteiger partial charge is 0.364 e. The number of amides is 1. The molecule has 2 N–H and O–H groups in total. The lowest BCUT2D eigenvalue weighted by atomic mass is 10.2. The van der Waals surface area contributed by atoms with E-state index in [9.17, 15) is 4.79 Å². The highest BCUT2D eigenvalue weighted by molar-refractivity contribution is 6.43. The SMILES string of the molecule is NC(=O)C1=NC2CCCCCN2C=C1. The van der Waals surface area contributed by atoms with Gasteiger partial charge in [0.2, 0.25) is 0 Å². The molecule has 1 unspecified atom stereocenters. The highest BCUT2D eigenvalue weighted by Gasteiger charge is 2.21. The second kappa shape index (κ2) is 3.82. The van der Waals surface area contributed by atoms with Crippen LogP contribution in [0.3, 0.4) is 0 Å². The molecule has 76 valence electrons. The number of carbonyl (C=O) groups is 1. The van der Waals surface area contributed by atoms with E-state index in [4.69, 9.17) is 5.73 Å². The number of aliphatic imine (C=N–C) groups is 1. The molecule has 1 atom stereocenters. The molecule has 0 aromatic carbocycles. The predicted molar refractivity (Wildman–Crippen MR) is 54.7 cm³/mol. The van der Waals surface area contributed by atoms with Crippen LogP contribution >= 0.6 is 0 Å². The van der Waals surface area contributed by atoms with Gasteiger partial charge in [-0.15, -0.1) is 0 Å². The van der Waals surface area contributed by atoms with Crippen LogP contribution in [0.4, 0.5) is 0 Å². The molecular formula is C10H15N3O. The molecule has 0 spiro atoms. The summed E-state index contributed by atoms with van der Waals surface area (Å²) >= 11 is 0. The van der Waals surface area contributed by atoms with E-state index in [0.717, 1.165) is 13.0 Å². The normalized spacial score (nSPS) is 26.4. The van der Waals surface area contributed by atoms with Gasteiger partial charge in [-0.2, -0.15) is 0 Å². The molecule has 1 saturated heterocycles. The number of hydrogen-bond acceptors (Lipinski definition) is 3. The van der Waals surface area contributed by atoms with Crippen LogP contribution in [0.25, 0.3) is 0 Å². The van der Waals surface area contributed by atoms with E-state index in [1.54, 1.807) is 6.08 Å². The lowest BCUT2D eigenvalue weighted by Gasteiger charge is -2.28. The van der Waals surface area contributed by atoms with Gasteiger partial charge < -0.3 is 10.6 Å². The van der Waals surface area contributed by atoms with Crippen molar-refractivity contribution in [3.8, 4) is 0 Å². The molecule has 2 heterocycles. The first-order chi connectivity index (χ1) is 6.77. The lowest BCUT2D eigenvalue weighted by molar-refractivity contribution is -0.112. The fraction of sp³-hybridized carbons (Fsp3) is 0.600. The zero-order chi connectivity index (χ0) is 9.97. The minimum atomic E-state index is -0.426. The molecule has 2 aliphatic rings. The number of rotatable bonds is 1. The van der Waals surface area contributed by atoms with Crippen LogP contribution in [0.5, 0.6) is 0 Å². The quantitative estimate of drug-likeness (QED) is 0.664. The van der Waals surface area contributed by atoms with E-state index >= 15 is 0 Å². The summed E-state index contributed by atoms with van der Waals surface area (Å²) in [6, 6.07) is 0. The van der Waals surface area contributed by atoms with Gasteiger partial charge in [0.1, 0.15) is 11.9 Å². The first-order valence-electron chi connectivity index (χ1n) is 5.09. The average molecular weight is 193 g/mol. The molecule has 4 heteroatoms. The van der Waals surface area contributed by atoms with Crippen molar-refractivity contribution in [2.24, 2.45) is 10.7 Å². The Hall–Kier alpha value is -1.32. The third-order valence-corrected chi connectivity index (χ3v) is 2.73. The molecule has 2 aliphatic heterocycles. The Morgan fingerprint density at radius 2 is 2.36 bits per heavy atom. The number of nitrogens with zero attached hydrogens (tertiary/aromatic N) is 2. The molecule has 0 radical (unpaired) electrons.